The fourth-order valence-electron chi connectivity index (χ4n) is 1.66. The summed E-state index contributed by atoms with van der Waals surface area (Å²) < 4.78 is 2.06. The van der Waals surface area contributed by atoms with Crippen LogP contribution in [0, 0.1) is 0 Å². The molecular formula is C11H16N4. The van der Waals surface area contributed by atoms with Crippen LogP contribution in [0.3, 0.4) is 0 Å². The molecule has 0 amide bonds. The number of nitrogens with zero attached hydrogens (tertiary/aromatic N) is 2. The second-order valence-electron chi connectivity index (χ2n) is 3.80. The van der Waals surface area contributed by atoms with Gasteiger partial charge >= 0.3 is 0 Å². The van der Waals surface area contributed by atoms with Gasteiger partial charge in [-0.05, 0) is 19.1 Å². The standard InChI is InChI=1S/C11H16N4/c1-8(7-12)14-10-3-5-13-9-4-6-15(2)11(9)10/h3-6,8H,7,12H2,1-2H3,(H,13,14). The van der Waals surface area contributed by atoms with E-state index in [-0.39, 0.29) is 6.04 Å². The number of rotatable bonds is 3. The van der Waals surface area contributed by atoms with E-state index in [0.717, 1.165) is 16.7 Å². The first-order valence-corrected chi connectivity index (χ1v) is 5.09. The van der Waals surface area contributed by atoms with Crippen LogP contribution in [0.15, 0.2) is 24.5 Å². The van der Waals surface area contributed by atoms with Gasteiger partial charge in [0.1, 0.15) is 0 Å². The molecular weight excluding hydrogens is 188 g/mol. The number of aryl methyl sites for hydroxylation is 1. The molecule has 0 bridgehead atoms. The van der Waals surface area contributed by atoms with E-state index in [2.05, 4.69) is 21.8 Å². The van der Waals surface area contributed by atoms with Gasteiger partial charge in [0.15, 0.2) is 0 Å². The van der Waals surface area contributed by atoms with E-state index >= 15 is 0 Å². The lowest BCUT2D eigenvalue weighted by atomic mass is 10.2. The van der Waals surface area contributed by atoms with Crippen molar-refractivity contribution in [2.24, 2.45) is 12.8 Å². The number of fused-ring (bicyclic) bond motifs is 1. The number of nitrogens with two attached hydrogens (primary N) is 1. The van der Waals surface area contributed by atoms with Crippen molar-refractivity contribution in [3.05, 3.63) is 24.5 Å². The van der Waals surface area contributed by atoms with Crippen molar-refractivity contribution < 1.29 is 0 Å². The molecule has 80 valence electrons. The zero-order valence-corrected chi connectivity index (χ0v) is 9.07. The average molecular weight is 204 g/mol. The summed E-state index contributed by atoms with van der Waals surface area (Å²) in [6.45, 7) is 2.68. The Hall–Kier alpha value is -1.55. The summed E-state index contributed by atoms with van der Waals surface area (Å²) >= 11 is 0. The molecule has 3 N–H and O–H groups in total. The third-order valence-corrected chi connectivity index (χ3v) is 2.52. The SMILES string of the molecule is CC(CN)Nc1ccnc2ccn(C)c12. The Balaban J connectivity index is 2.45. The van der Waals surface area contributed by atoms with Crippen LogP contribution in [0.2, 0.25) is 0 Å². The van der Waals surface area contributed by atoms with Crippen LogP contribution in [0.4, 0.5) is 5.69 Å². The number of nitrogens with one attached hydrogen (secondary N) is 1. The topological polar surface area (TPSA) is 55.9 Å². The molecule has 2 aromatic rings. The fraction of sp³-hybridized carbons (Fsp3) is 0.364. The highest BCUT2D eigenvalue weighted by Gasteiger charge is 2.07. The summed E-state index contributed by atoms with van der Waals surface area (Å²) in [5, 5.41) is 3.38. The van der Waals surface area contributed by atoms with Gasteiger partial charge in [0.25, 0.3) is 0 Å². The minimum Gasteiger partial charge on any atom is -0.380 e. The number of hydrogen-bond donors (Lipinski definition) is 2. The van der Waals surface area contributed by atoms with Gasteiger partial charge < -0.3 is 15.6 Å². The fourth-order valence-corrected chi connectivity index (χ4v) is 1.66. The van der Waals surface area contributed by atoms with E-state index in [9.17, 15) is 0 Å². The highest BCUT2D eigenvalue weighted by Crippen LogP contribution is 2.22. The Bertz CT molecular complexity index is 461. The maximum absolute atomic E-state index is 5.59. The Morgan fingerprint density at radius 2 is 2.33 bits per heavy atom. The summed E-state index contributed by atoms with van der Waals surface area (Å²) in [6.07, 6.45) is 3.82. The van der Waals surface area contributed by atoms with Gasteiger partial charge in [0.05, 0.1) is 16.7 Å². The third-order valence-electron chi connectivity index (χ3n) is 2.52. The number of anilines is 1. The monoisotopic (exact) mass is 204 g/mol. The van der Waals surface area contributed by atoms with Crippen LogP contribution in [0.5, 0.6) is 0 Å². The Kier molecular flexibility index (Phi) is 2.60. The van der Waals surface area contributed by atoms with Crippen molar-refractivity contribution in [1.82, 2.24) is 9.55 Å². The predicted octanol–water partition coefficient (Wildman–Crippen LogP) is 1.33. The normalized spacial score (nSPS) is 13.0. The van der Waals surface area contributed by atoms with Gasteiger partial charge in [-0.1, -0.05) is 0 Å². The quantitative estimate of drug-likeness (QED) is 0.793. The van der Waals surface area contributed by atoms with Crippen molar-refractivity contribution in [3.63, 3.8) is 0 Å². The van der Waals surface area contributed by atoms with Gasteiger partial charge in [0.2, 0.25) is 0 Å². The first kappa shape index (κ1) is 9.98. The molecule has 0 aliphatic heterocycles. The summed E-state index contributed by atoms with van der Waals surface area (Å²) in [5.74, 6) is 0. The molecule has 2 heterocycles. The molecule has 0 saturated heterocycles. The molecule has 0 radical (unpaired) electrons. The lowest BCUT2D eigenvalue weighted by molar-refractivity contribution is 0.803. The largest absolute Gasteiger partial charge is 0.380 e. The lowest BCUT2D eigenvalue weighted by Gasteiger charge is -2.14. The van der Waals surface area contributed by atoms with Crippen molar-refractivity contribution in [2.75, 3.05) is 11.9 Å². The van der Waals surface area contributed by atoms with Gasteiger partial charge in [-0.15, -0.1) is 0 Å². The first-order chi connectivity index (χ1) is 7.22. The second-order valence-corrected chi connectivity index (χ2v) is 3.80. The molecule has 0 saturated carbocycles. The van der Waals surface area contributed by atoms with Crippen molar-refractivity contribution in [2.45, 2.75) is 13.0 Å². The zero-order chi connectivity index (χ0) is 10.8. The smallest absolute Gasteiger partial charge is 0.0902 e. The number of pyridine rings is 1. The summed E-state index contributed by atoms with van der Waals surface area (Å²) in [6, 6.07) is 4.26. The second kappa shape index (κ2) is 3.90. The van der Waals surface area contributed by atoms with Crippen LogP contribution in [-0.2, 0) is 7.05 Å². The molecule has 0 aliphatic carbocycles. The van der Waals surface area contributed by atoms with Crippen molar-refractivity contribution in [3.8, 4) is 0 Å². The average Bonchev–Trinajstić information content (AvgIpc) is 2.61. The molecule has 1 unspecified atom stereocenters. The molecule has 0 spiro atoms. The highest BCUT2D eigenvalue weighted by atomic mass is 15.0. The molecule has 0 aliphatic rings. The molecule has 4 heteroatoms. The first-order valence-electron chi connectivity index (χ1n) is 5.09. The zero-order valence-electron chi connectivity index (χ0n) is 9.07. The number of aromatic nitrogens is 2. The Morgan fingerprint density at radius 1 is 1.53 bits per heavy atom. The summed E-state index contributed by atoms with van der Waals surface area (Å²) in [7, 11) is 2.02. The van der Waals surface area contributed by atoms with Crippen LogP contribution in [-0.4, -0.2) is 22.1 Å². The van der Waals surface area contributed by atoms with Crippen molar-refractivity contribution >= 4 is 16.7 Å². The predicted molar refractivity (Wildman–Crippen MR) is 62.9 cm³/mol. The van der Waals surface area contributed by atoms with Crippen molar-refractivity contribution in [1.29, 1.82) is 0 Å². The highest BCUT2D eigenvalue weighted by molar-refractivity contribution is 5.88. The summed E-state index contributed by atoms with van der Waals surface area (Å²) in [5.41, 5.74) is 8.81. The lowest BCUT2D eigenvalue weighted by Crippen LogP contribution is -2.25. The van der Waals surface area contributed by atoms with Gasteiger partial charge in [-0.2, -0.15) is 0 Å². The molecule has 2 rings (SSSR count). The minimum atomic E-state index is 0.269. The van der Waals surface area contributed by atoms with Crippen LogP contribution in [0.1, 0.15) is 6.92 Å². The molecule has 4 nitrogen and oxygen atoms in total. The third kappa shape index (κ3) is 1.80. The Labute approximate surface area is 89.1 Å². The number of hydrogen-bond acceptors (Lipinski definition) is 3. The molecule has 1 atom stereocenters. The van der Waals surface area contributed by atoms with Crippen LogP contribution < -0.4 is 11.1 Å². The minimum absolute atomic E-state index is 0.269. The van der Waals surface area contributed by atoms with E-state index in [0.29, 0.717) is 6.54 Å². The van der Waals surface area contributed by atoms with E-state index in [1.165, 1.54) is 0 Å². The molecule has 0 aromatic carbocycles. The van der Waals surface area contributed by atoms with E-state index in [1.54, 1.807) is 0 Å². The van der Waals surface area contributed by atoms with Gasteiger partial charge in [0, 0.05) is 32.0 Å². The van der Waals surface area contributed by atoms with Crippen LogP contribution in [0.25, 0.3) is 11.0 Å². The maximum Gasteiger partial charge on any atom is 0.0902 e. The maximum atomic E-state index is 5.59. The Morgan fingerprint density at radius 3 is 3.07 bits per heavy atom. The summed E-state index contributed by atoms with van der Waals surface area (Å²) in [4.78, 5) is 4.30. The molecule has 0 fully saturated rings. The molecule has 15 heavy (non-hydrogen) atoms. The van der Waals surface area contributed by atoms with E-state index < -0.39 is 0 Å². The van der Waals surface area contributed by atoms with E-state index in [4.69, 9.17) is 5.73 Å². The van der Waals surface area contributed by atoms with Gasteiger partial charge in [-0.3, -0.25) is 4.98 Å². The van der Waals surface area contributed by atoms with Crippen LogP contribution >= 0.6 is 0 Å². The van der Waals surface area contributed by atoms with Gasteiger partial charge in [-0.25, -0.2) is 0 Å². The molecule has 2 aromatic heterocycles. The van der Waals surface area contributed by atoms with E-state index in [1.807, 2.05) is 31.6 Å².